The van der Waals surface area contributed by atoms with Crippen molar-refractivity contribution in [2.24, 2.45) is 0 Å². The average Bonchev–Trinajstić information content (AvgIpc) is 3.39. The summed E-state index contributed by atoms with van der Waals surface area (Å²) in [5.74, 6) is 0.708. The molecule has 1 N–H and O–H groups in total. The predicted molar refractivity (Wildman–Crippen MR) is 115 cm³/mol. The van der Waals surface area contributed by atoms with Gasteiger partial charge in [-0.05, 0) is 50.5 Å². The third kappa shape index (κ3) is 3.04. The third-order valence-corrected chi connectivity index (χ3v) is 6.32. The summed E-state index contributed by atoms with van der Waals surface area (Å²) < 4.78 is 5.75. The average molecular weight is 400 g/mol. The molecule has 0 radical (unpaired) electrons. The first-order valence-corrected chi connectivity index (χ1v) is 10.3. The molecule has 2 aliphatic rings. The van der Waals surface area contributed by atoms with Crippen LogP contribution in [0.2, 0.25) is 0 Å². The minimum absolute atomic E-state index is 0.0293. The Morgan fingerprint density at radius 2 is 2.17 bits per heavy atom. The van der Waals surface area contributed by atoms with Gasteiger partial charge < -0.3 is 15.0 Å². The zero-order valence-electron chi connectivity index (χ0n) is 17.4. The number of aromatic nitrogens is 3. The number of aryl methyl sites for hydroxylation is 1. The Morgan fingerprint density at radius 3 is 2.90 bits per heavy atom. The van der Waals surface area contributed by atoms with Crippen LogP contribution in [0.1, 0.15) is 41.8 Å². The lowest BCUT2D eigenvalue weighted by Gasteiger charge is -2.29. The van der Waals surface area contributed by atoms with Crippen LogP contribution in [0.3, 0.4) is 0 Å². The number of morpholine rings is 1. The van der Waals surface area contributed by atoms with Crippen molar-refractivity contribution in [3.05, 3.63) is 52.8 Å². The van der Waals surface area contributed by atoms with Crippen molar-refractivity contribution >= 4 is 22.4 Å². The highest BCUT2D eigenvalue weighted by atomic mass is 16.5. The van der Waals surface area contributed by atoms with Crippen LogP contribution in [0.25, 0.3) is 10.9 Å². The third-order valence-electron chi connectivity index (χ3n) is 6.32. The van der Waals surface area contributed by atoms with Gasteiger partial charge in [-0.2, -0.15) is 10.4 Å². The molecular weight excluding hydrogens is 376 g/mol. The zero-order valence-corrected chi connectivity index (χ0v) is 17.4. The second-order valence-electron chi connectivity index (χ2n) is 8.22. The van der Waals surface area contributed by atoms with Gasteiger partial charge in [-0.25, -0.2) is 0 Å². The molecule has 0 spiro atoms. The minimum Gasteiger partial charge on any atom is -0.374 e. The number of ether oxygens (including phenoxy) is 1. The second kappa shape index (κ2) is 7.22. The van der Waals surface area contributed by atoms with E-state index in [1.54, 1.807) is 0 Å². The van der Waals surface area contributed by atoms with Crippen LogP contribution >= 0.6 is 0 Å². The maximum absolute atomic E-state index is 9.35. The normalized spacial score (nSPS) is 21.1. The first kappa shape index (κ1) is 18.8. The Morgan fingerprint density at radius 1 is 1.30 bits per heavy atom. The van der Waals surface area contributed by atoms with E-state index in [-0.39, 0.29) is 6.04 Å². The van der Waals surface area contributed by atoms with E-state index in [0.29, 0.717) is 23.5 Å². The topological polar surface area (TPSA) is 87.0 Å². The van der Waals surface area contributed by atoms with Crippen LogP contribution in [-0.2, 0) is 4.74 Å². The van der Waals surface area contributed by atoms with Gasteiger partial charge in [0.25, 0.3) is 0 Å². The summed E-state index contributed by atoms with van der Waals surface area (Å²) >= 11 is 0. The molecule has 2 aliphatic heterocycles. The molecule has 5 rings (SSSR count). The SMILES string of the molecule is Cc1c(C#N)cccc1[C@@H](C)Nc1nnc(C)c2ncc(N3CC4CC3CO4)cc12. The molecule has 1 aromatic carbocycles. The van der Waals surface area contributed by atoms with Gasteiger partial charge in [0.1, 0.15) is 0 Å². The van der Waals surface area contributed by atoms with Gasteiger partial charge in [0, 0.05) is 11.9 Å². The molecule has 152 valence electrons. The van der Waals surface area contributed by atoms with Gasteiger partial charge in [-0.15, -0.1) is 5.10 Å². The van der Waals surface area contributed by atoms with E-state index in [1.165, 1.54) is 0 Å². The summed E-state index contributed by atoms with van der Waals surface area (Å²) in [6.07, 6.45) is 3.35. The van der Waals surface area contributed by atoms with E-state index in [9.17, 15) is 5.26 Å². The summed E-state index contributed by atoms with van der Waals surface area (Å²) in [6.45, 7) is 7.68. The highest BCUT2D eigenvalue weighted by molar-refractivity contribution is 5.92. The van der Waals surface area contributed by atoms with Gasteiger partial charge in [0.15, 0.2) is 5.82 Å². The van der Waals surface area contributed by atoms with Crippen molar-refractivity contribution in [1.82, 2.24) is 15.2 Å². The number of nitrogens with one attached hydrogen (secondary N) is 1. The molecule has 0 amide bonds. The Kier molecular flexibility index (Phi) is 4.52. The lowest BCUT2D eigenvalue weighted by atomic mass is 9.98. The van der Waals surface area contributed by atoms with Crippen molar-refractivity contribution in [1.29, 1.82) is 5.26 Å². The molecular formula is C23H24N6O. The summed E-state index contributed by atoms with van der Waals surface area (Å²) in [5, 5.41) is 22.6. The number of fused-ring (bicyclic) bond motifs is 3. The predicted octanol–water partition coefficient (Wildman–Crippen LogP) is 3.66. The van der Waals surface area contributed by atoms with Crippen LogP contribution in [0.5, 0.6) is 0 Å². The van der Waals surface area contributed by atoms with E-state index < -0.39 is 0 Å². The number of nitrogens with zero attached hydrogens (tertiary/aromatic N) is 5. The molecule has 7 nitrogen and oxygen atoms in total. The quantitative estimate of drug-likeness (QED) is 0.715. The summed E-state index contributed by atoms with van der Waals surface area (Å²) in [6, 6.07) is 10.6. The molecule has 3 atom stereocenters. The van der Waals surface area contributed by atoms with Crippen molar-refractivity contribution in [2.45, 2.75) is 45.4 Å². The number of hydrogen-bond acceptors (Lipinski definition) is 7. The van der Waals surface area contributed by atoms with Crippen LogP contribution in [-0.4, -0.2) is 40.5 Å². The smallest absolute Gasteiger partial charge is 0.158 e. The molecule has 2 bridgehead atoms. The number of pyridine rings is 1. The molecule has 0 saturated carbocycles. The van der Waals surface area contributed by atoms with Crippen LogP contribution in [0, 0.1) is 25.2 Å². The molecule has 2 saturated heterocycles. The molecule has 2 fully saturated rings. The van der Waals surface area contributed by atoms with E-state index in [2.05, 4.69) is 39.5 Å². The molecule has 4 heterocycles. The maximum atomic E-state index is 9.35. The molecule has 30 heavy (non-hydrogen) atoms. The first-order chi connectivity index (χ1) is 14.5. The van der Waals surface area contributed by atoms with Gasteiger partial charge >= 0.3 is 0 Å². The lowest BCUT2D eigenvalue weighted by Crippen LogP contribution is -2.36. The van der Waals surface area contributed by atoms with Crippen molar-refractivity contribution in [3.63, 3.8) is 0 Å². The van der Waals surface area contributed by atoms with Gasteiger partial charge in [-0.1, -0.05) is 12.1 Å². The highest BCUT2D eigenvalue weighted by Gasteiger charge is 2.39. The summed E-state index contributed by atoms with van der Waals surface area (Å²) in [5.41, 5.74) is 5.51. The van der Waals surface area contributed by atoms with E-state index in [0.717, 1.165) is 53.0 Å². The van der Waals surface area contributed by atoms with Crippen LogP contribution in [0.15, 0.2) is 30.5 Å². The standard InChI is InChI=1S/C23H24N6O/c1-13-16(9-24)5-4-6-20(13)14(2)26-23-21-8-17(10-25-22(21)15(3)27-28-23)29-11-19-7-18(29)12-30-19/h4-6,8,10,14,18-19H,7,11-12H2,1-3H3,(H,26,28)/t14-,18?,19?/m1/s1. The summed E-state index contributed by atoms with van der Waals surface area (Å²) in [7, 11) is 0. The second-order valence-corrected chi connectivity index (χ2v) is 8.22. The highest BCUT2D eigenvalue weighted by Crippen LogP contribution is 2.35. The minimum atomic E-state index is -0.0293. The van der Waals surface area contributed by atoms with Crippen molar-refractivity contribution in [3.8, 4) is 6.07 Å². The maximum Gasteiger partial charge on any atom is 0.158 e. The van der Waals surface area contributed by atoms with Gasteiger partial charge in [0.2, 0.25) is 0 Å². The Balaban J connectivity index is 1.52. The number of nitriles is 1. The fourth-order valence-electron chi connectivity index (χ4n) is 4.65. The number of hydrogen-bond donors (Lipinski definition) is 1. The lowest BCUT2D eigenvalue weighted by molar-refractivity contribution is 0.0991. The molecule has 3 aromatic rings. The molecule has 0 aliphatic carbocycles. The Hall–Kier alpha value is -3.24. The molecule has 2 unspecified atom stereocenters. The molecule has 7 heteroatoms. The monoisotopic (exact) mass is 400 g/mol. The van der Waals surface area contributed by atoms with Gasteiger partial charge in [-0.3, -0.25) is 4.98 Å². The number of rotatable bonds is 4. The fraction of sp³-hybridized carbons (Fsp3) is 0.391. The fourth-order valence-corrected chi connectivity index (χ4v) is 4.65. The van der Waals surface area contributed by atoms with Crippen molar-refractivity contribution in [2.75, 3.05) is 23.4 Å². The Bertz CT molecular complexity index is 1170. The number of anilines is 2. The molecule has 2 aromatic heterocycles. The van der Waals surface area contributed by atoms with Gasteiger partial charge in [0.05, 0.1) is 59.5 Å². The van der Waals surface area contributed by atoms with E-state index in [1.807, 2.05) is 38.2 Å². The largest absolute Gasteiger partial charge is 0.374 e. The first-order valence-electron chi connectivity index (χ1n) is 10.3. The summed E-state index contributed by atoms with van der Waals surface area (Å²) in [4.78, 5) is 7.12. The van der Waals surface area contributed by atoms with Crippen LogP contribution in [0.4, 0.5) is 11.5 Å². The van der Waals surface area contributed by atoms with Crippen LogP contribution < -0.4 is 10.2 Å². The number of benzene rings is 1. The van der Waals surface area contributed by atoms with E-state index in [4.69, 9.17) is 9.72 Å². The van der Waals surface area contributed by atoms with Crippen molar-refractivity contribution < 1.29 is 4.74 Å². The zero-order chi connectivity index (χ0) is 20.8. The van der Waals surface area contributed by atoms with E-state index >= 15 is 0 Å². The Labute approximate surface area is 175 Å².